The van der Waals surface area contributed by atoms with Crippen LogP contribution in [0.15, 0.2) is 65.7 Å². The maximum absolute atomic E-state index is 12.9. The number of nitrogens with one attached hydrogen (secondary N) is 2. The molecule has 146 valence electrons. The summed E-state index contributed by atoms with van der Waals surface area (Å²) in [5.74, 6) is -0.623. The summed E-state index contributed by atoms with van der Waals surface area (Å²) in [5, 5.41) is 3.09. The molecule has 0 bridgehead atoms. The molecule has 0 saturated heterocycles. The predicted molar refractivity (Wildman–Crippen MR) is 106 cm³/mol. The summed E-state index contributed by atoms with van der Waals surface area (Å²) < 4.78 is 39.5. The second kappa shape index (κ2) is 9.05. The van der Waals surface area contributed by atoms with Crippen LogP contribution < -0.4 is 10.0 Å². The molecule has 9 heteroatoms. The Labute approximate surface area is 166 Å². The molecule has 0 atom stereocenters. The number of nitrogens with zero attached hydrogens (tertiary/aromatic N) is 1. The van der Waals surface area contributed by atoms with Crippen LogP contribution in [0.2, 0.25) is 0 Å². The number of amides is 1. The summed E-state index contributed by atoms with van der Waals surface area (Å²) in [4.78, 5) is 17.2. The Morgan fingerprint density at radius 3 is 2.50 bits per heavy atom. The largest absolute Gasteiger partial charge is 0.302 e. The van der Waals surface area contributed by atoms with E-state index in [0.29, 0.717) is 11.6 Å². The van der Waals surface area contributed by atoms with Crippen LogP contribution in [0.5, 0.6) is 0 Å². The van der Waals surface area contributed by atoms with E-state index < -0.39 is 10.0 Å². The molecule has 2 N–H and O–H groups in total. The fourth-order valence-corrected chi connectivity index (χ4v) is 4.33. The number of hydrogen-bond donors (Lipinski definition) is 2. The Kier molecular flexibility index (Phi) is 6.50. The maximum atomic E-state index is 12.9. The lowest BCUT2D eigenvalue weighted by molar-refractivity contribution is -0.116. The zero-order chi connectivity index (χ0) is 20.0. The van der Waals surface area contributed by atoms with Gasteiger partial charge >= 0.3 is 0 Å². The number of benzene rings is 2. The van der Waals surface area contributed by atoms with Crippen molar-refractivity contribution in [3.63, 3.8) is 0 Å². The lowest BCUT2D eigenvalue weighted by Gasteiger charge is -2.06. The number of carbonyl (C=O) groups excluding carboxylic acids is 1. The van der Waals surface area contributed by atoms with Crippen molar-refractivity contribution in [3.8, 4) is 0 Å². The zero-order valence-corrected chi connectivity index (χ0v) is 16.4. The molecular formula is C19H18FN3O3S2. The van der Waals surface area contributed by atoms with E-state index in [2.05, 4.69) is 15.0 Å². The molecule has 1 amide bonds. The quantitative estimate of drug-likeness (QED) is 0.587. The third kappa shape index (κ3) is 5.69. The van der Waals surface area contributed by atoms with E-state index in [4.69, 9.17) is 0 Å². The third-order valence-electron chi connectivity index (χ3n) is 3.79. The maximum Gasteiger partial charge on any atom is 0.240 e. The highest BCUT2D eigenvalue weighted by Gasteiger charge is 2.14. The number of halogens is 1. The molecule has 2 aromatic carbocycles. The van der Waals surface area contributed by atoms with E-state index in [1.807, 2.05) is 0 Å². The van der Waals surface area contributed by atoms with Gasteiger partial charge in [0.15, 0.2) is 5.13 Å². The predicted octanol–water partition coefficient (Wildman–Crippen LogP) is 3.18. The van der Waals surface area contributed by atoms with Gasteiger partial charge in [0.05, 0.1) is 4.90 Å². The number of hydrogen-bond acceptors (Lipinski definition) is 5. The number of anilines is 1. The van der Waals surface area contributed by atoms with Crippen LogP contribution >= 0.6 is 11.3 Å². The van der Waals surface area contributed by atoms with E-state index in [1.54, 1.807) is 36.5 Å². The van der Waals surface area contributed by atoms with Gasteiger partial charge < -0.3 is 5.32 Å². The van der Waals surface area contributed by atoms with Gasteiger partial charge in [-0.05, 0) is 29.8 Å². The molecule has 0 aliphatic rings. The Bertz CT molecular complexity index is 1040. The normalized spacial score (nSPS) is 11.3. The van der Waals surface area contributed by atoms with Gasteiger partial charge in [-0.3, -0.25) is 4.79 Å². The van der Waals surface area contributed by atoms with Crippen LogP contribution in [0.4, 0.5) is 9.52 Å². The first-order valence-electron chi connectivity index (χ1n) is 8.46. The van der Waals surface area contributed by atoms with Gasteiger partial charge in [0, 0.05) is 30.5 Å². The van der Waals surface area contributed by atoms with Crippen LogP contribution in [0.25, 0.3) is 0 Å². The van der Waals surface area contributed by atoms with E-state index in [1.165, 1.54) is 35.6 Å². The zero-order valence-electron chi connectivity index (χ0n) is 14.8. The SMILES string of the molecule is O=C(CCNS(=O)(=O)c1ccccc1)Nc1ncc(Cc2ccc(F)cc2)s1. The van der Waals surface area contributed by atoms with Gasteiger partial charge in [-0.2, -0.15) is 0 Å². The summed E-state index contributed by atoms with van der Waals surface area (Å²) in [6.07, 6.45) is 2.23. The first-order valence-corrected chi connectivity index (χ1v) is 10.8. The minimum Gasteiger partial charge on any atom is -0.302 e. The molecule has 0 unspecified atom stereocenters. The van der Waals surface area contributed by atoms with Crippen molar-refractivity contribution in [2.24, 2.45) is 0 Å². The Balaban J connectivity index is 1.47. The monoisotopic (exact) mass is 419 g/mol. The molecule has 3 aromatic rings. The van der Waals surface area contributed by atoms with Crippen LogP contribution in [0.3, 0.4) is 0 Å². The Morgan fingerprint density at radius 1 is 1.07 bits per heavy atom. The number of carbonyl (C=O) groups is 1. The second-order valence-corrected chi connectivity index (χ2v) is 8.83. The highest BCUT2D eigenvalue weighted by molar-refractivity contribution is 7.89. The molecule has 0 aliphatic carbocycles. The molecule has 0 aliphatic heterocycles. The van der Waals surface area contributed by atoms with Crippen molar-refractivity contribution in [1.82, 2.24) is 9.71 Å². The number of aromatic nitrogens is 1. The molecule has 3 rings (SSSR count). The molecule has 6 nitrogen and oxygen atoms in total. The molecule has 1 heterocycles. The summed E-state index contributed by atoms with van der Waals surface area (Å²) in [6, 6.07) is 14.2. The molecule has 0 spiro atoms. The van der Waals surface area contributed by atoms with Crippen LogP contribution in [-0.2, 0) is 21.2 Å². The van der Waals surface area contributed by atoms with Gasteiger partial charge in [-0.25, -0.2) is 22.5 Å². The minimum absolute atomic E-state index is 0.0149. The van der Waals surface area contributed by atoms with Gasteiger partial charge in [0.25, 0.3) is 0 Å². The minimum atomic E-state index is -3.63. The van der Waals surface area contributed by atoms with Crippen molar-refractivity contribution in [2.45, 2.75) is 17.7 Å². The second-order valence-electron chi connectivity index (χ2n) is 5.94. The summed E-state index contributed by atoms with van der Waals surface area (Å²) in [6.45, 7) is -0.0170. The standard InChI is InChI=1S/C19H18FN3O3S2/c20-15-8-6-14(7-9-15)12-16-13-21-19(27-16)23-18(24)10-11-22-28(25,26)17-4-2-1-3-5-17/h1-9,13,22H,10-12H2,(H,21,23,24). The fourth-order valence-electron chi connectivity index (χ4n) is 2.41. The van der Waals surface area contributed by atoms with Gasteiger partial charge in [0.1, 0.15) is 5.82 Å². The first kappa shape index (κ1) is 20.1. The van der Waals surface area contributed by atoms with Crippen LogP contribution in [0.1, 0.15) is 16.9 Å². The van der Waals surface area contributed by atoms with Crippen LogP contribution in [0, 0.1) is 5.82 Å². The van der Waals surface area contributed by atoms with E-state index in [9.17, 15) is 17.6 Å². The average Bonchev–Trinajstić information content (AvgIpc) is 3.11. The highest BCUT2D eigenvalue weighted by atomic mass is 32.2. The highest BCUT2D eigenvalue weighted by Crippen LogP contribution is 2.21. The van der Waals surface area contributed by atoms with Crippen molar-refractivity contribution in [1.29, 1.82) is 0 Å². The van der Waals surface area contributed by atoms with E-state index in [0.717, 1.165) is 10.4 Å². The van der Waals surface area contributed by atoms with Gasteiger partial charge in [-0.1, -0.05) is 30.3 Å². The topological polar surface area (TPSA) is 88.2 Å². The van der Waals surface area contributed by atoms with Gasteiger partial charge in [0.2, 0.25) is 15.9 Å². The van der Waals surface area contributed by atoms with Crippen LogP contribution in [-0.4, -0.2) is 25.9 Å². The molecule has 0 saturated carbocycles. The van der Waals surface area contributed by atoms with E-state index >= 15 is 0 Å². The van der Waals surface area contributed by atoms with Crippen molar-refractivity contribution in [3.05, 3.63) is 77.1 Å². The summed E-state index contributed by atoms with van der Waals surface area (Å²) in [5.41, 5.74) is 0.943. The average molecular weight is 420 g/mol. The first-order chi connectivity index (χ1) is 13.4. The van der Waals surface area contributed by atoms with Crippen molar-refractivity contribution >= 4 is 32.4 Å². The Hall–Kier alpha value is -2.62. The lowest BCUT2D eigenvalue weighted by Crippen LogP contribution is -2.27. The molecule has 0 fully saturated rings. The smallest absolute Gasteiger partial charge is 0.240 e. The number of sulfonamides is 1. The van der Waals surface area contributed by atoms with E-state index in [-0.39, 0.29) is 29.6 Å². The summed E-state index contributed by atoms with van der Waals surface area (Å²) in [7, 11) is -3.63. The third-order valence-corrected chi connectivity index (χ3v) is 6.18. The summed E-state index contributed by atoms with van der Waals surface area (Å²) >= 11 is 1.32. The molecule has 1 aromatic heterocycles. The number of rotatable bonds is 8. The fraction of sp³-hybridized carbons (Fsp3) is 0.158. The molecular weight excluding hydrogens is 401 g/mol. The molecule has 0 radical (unpaired) electrons. The van der Waals surface area contributed by atoms with Crippen molar-refractivity contribution in [2.75, 3.05) is 11.9 Å². The molecule has 28 heavy (non-hydrogen) atoms. The Morgan fingerprint density at radius 2 is 1.79 bits per heavy atom. The number of thiazole rings is 1. The van der Waals surface area contributed by atoms with Crippen molar-refractivity contribution < 1.29 is 17.6 Å². The lowest BCUT2D eigenvalue weighted by atomic mass is 10.1. The van der Waals surface area contributed by atoms with Gasteiger partial charge in [-0.15, -0.1) is 11.3 Å².